The summed E-state index contributed by atoms with van der Waals surface area (Å²) in [4.78, 5) is 2.63. The van der Waals surface area contributed by atoms with E-state index in [0.717, 1.165) is 32.9 Å². The van der Waals surface area contributed by atoms with Crippen LogP contribution >= 0.6 is 0 Å². The van der Waals surface area contributed by atoms with E-state index in [4.69, 9.17) is 9.47 Å². The molecule has 4 nitrogen and oxygen atoms in total. The van der Waals surface area contributed by atoms with Gasteiger partial charge in [-0.05, 0) is 38.6 Å². The first-order valence-electron chi connectivity index (χ1n) is 8.76. The van der Waals surface area contributed by atoms with Crippen molar-refractivity contribution in [3.63, 3.8) is 0 Å². The van der Waals surface area contributed by atoms with Crippen LogP contribution in [0.15, 0.2) is 0 Å². The van der Waals surface area contributed by atoms with Crippen molar-refractivity contribution in [3.8, 4) is 0 Å². The Labute approximate surface area is 130 Å². The number of rotatable bonds is 8. The van der Waals surface area contributed by atoms with E-state index < -0.39 is 0 Å². The summed E-state index contributed by atoms with van der Waals surface area (Å²) in [5.41, 5.74) is 0.327. The molecule has 2 aliphatic heterocycles. The third-order valence-corrected chi connectivity index (χ3v) is 4.73. The van der Waals surface area contributed by atoms with Crippen LogP contribution < -0.4 is 5.32 Å². The summed E-state index contributed by atoms with van der Waals surface area (Å²) in [5.74, 6) is 0.714. The molecule has 1 atom stereocenters. The van der Waals surface area contributed by atoms with E-state index >= 15 is 0 Å². The average molecular weight is 298 g/mol. The zero-order chi connectivity index (χ0) is 15.1. The monoisotopic (exact) mass is 298 g/mol. The molecule has 21 heavy (non-hydrogen) atoms. The molecule has 0 aromatic heterocycles. The normalized spacial score (nSPS) is 28.6. The number of nitrogens with one attached hydrogen (secondary N) is 1. The van der Waals surface area contributed by atoms with Crippen LogP contribution in [0.25, 0.3) is 0 Å². The third-order valence-electron chi connectivity index (χ3n) is 4.73. The van der Waals surface area contributed by atoms with E-state index in [2.05, 4.69) is 31.0 Å². The van der Waals surface area contributed by atoms with Crippen molar-refractivity contribution in [2.45, 2.75) is 46.1 Å². The van der Waals surface area contributed by atoms with Crippen LogP contribution in [-0.2, 0) is 9.47 Å². The lowest BCUT2D eigenvalue weighted by Gasteiger charge is -2.38. The van der Waals surface area contributed by atoms with E-state index in [0.29, 0.717) is 17.4 Å². The van der Waals surface area contributed by atoms with Gasteiger partial charge in [-0.15, -0.1) is 0 Å². The van der Waals surface area contributed by atoms with E-state index in [1.165, 1.54) is 38.9 Å². The van der Waals surface area contributed by atoms with Gasteiger partial charge in [-0.3, -0.25) is 0 Å². The second-order valence-corrected chi connectivity index (χ2v) is 7.26. The van der Waals surface area contributed by atoms with E-state index in [1.807, 2.05) is 0 Å². The molecule has 0 amide bonds. The van der Waals surface area contributed by atoms with E-state index in [1.54, 1.807) is 0 Å². The summed E-state index contributed by atoms with van der Waals surface area (Å²) in [5, 5.41) is 3.65. The fourth-order valence-corrected chi connectivity index (χ4v) is 3.54. The smallest absolute Gasteiger partial charge is 0.0599 e. The maximum absolute atomic E-state index is 5.75. The van der Waals surface area contributed by atoms with Crippen molar-refractivity contribution >= 4 is 0 Å². The zero-order valence-corrected chi connectivity index (χ0v) is 14.2. The first-order valence-corrected chi connectivity index (χ1v) is 8.76. The Morgan fingerprint density at radius 3 is 2.67 bits per heavy atom. The number of likely N-dealkylation sites (tertiary alicyclic amines) is 1. The van der Waals surface area contributed by atoms with Crippen molar-refractivity contribution in [3.05, 3.63) is 0 Å². The molecule has 4 heteroatoms. The van der Waals surface area contributed by atoms with Crippen molar-refractivity contribution in [1.82, 2.24) is 10.2 Å². The Morgan fingerprint density at radius 1 is 1.33 bits per heavy atom. The average Bonchev–Trinajstić information content (AvgIpc) is 2.90. The fraction of sp³-hybridized carbons (Fsp3) is 1.00. The Balaban J connectivity index is 1.77. The maximum atomic E-state index is 5.75. The molecule has 0 bridgehead atoms. The van der Waals surface area contributed by atoms with Gasteiger partial charge in [0.25, 0.3) is 0 Å². The van der Waals surface area contributed by atoms with Gasteiger partial charge in [-0.1, -0.05) is 13.8 Å². The van der Waals surface area contributed by atoms with Crippen LogP contribution in [0.1, 0.15) is 40.0 Å². The summed E-state index contributed by atoms with van der Waals surface area (Å²) in [6, 6.07) is 0. The molecule has 0 aromatic rings. The molecule has 1 N–H and O–H groups in total. The molecule has 0 radical (unpaired) electrons. The summed E-state index contributed by atoms with van der Waals surface area (Å²) in [6.45, 7) is 15.1. The molecule has 0 aliphatic carbocycles. The highest BCUT2D eigenvalue weighted by atomic mass is 16.5. The highest BCUT2D eigenvalue weighted by Gasteiger charge is 2.37. The van der Waals surface area contributed by atoms with Gasteiger partial charge in [0.05, 0.1) is 12.7 Å². The van der Waals surface area contributed by atoms with E-state index in [-0.39, 0.29) is 0 Å². The Morgan fingerprint density at radius 2 is 2.10 bits per heavy atom. The van der Waals surface area contributed by atoms with Crippen LogP contribution in [0.4, 0.5) is 0 Å². The minimum Gasteiger partial charge on any atom is -0.381 e. The van der Waals surface area contributed by atoms with Gasteiger partial charge in [0, 0.05) is 44.8 Å². The van der Waals surface area contributed by atoms with Crippen LogP contribution in [-0.4, -0.2) is 63.5 Å². The van der Waals surface area contributed by atoms with Gasteiger partial charge in [-0.25, -0.2) is 0 Å². The molecular formula is C17H34N2O2. The highest BCUT2D eigenvalue weighted by molar-refractivity contribution is 4.90. The molecule has 0 saturated carbocycles. The van der Waals surface area contributed by atoms with Crippen LogP contribution in [0.2, 0.25) is 0 Å². The maximum Gasteiger partial charge on any atom is 0.0599 e. The standard InChI is InChI=1S/C17H34N2O2/c1-4-21-16-5-8-19(9-6-16)13-17(7-10-20-14-17)12-18-11-15(2)3/h15-16,18H,4-14H2,1-3H3. The summed E-state index contributed by atoms with van der Waals surface area (Å²) < 4.78 is 11.5. The molecule has 0 aromatic carbocycles. The fourth-order valence-electron chi connectivity index (χ4n) is 3.54. The van der Waals surface area contributed by atoms with Crippen LogP contribution in [0.5, 0.6) is 0 Å². The van der Waals surface area contributed by atoms with Crippen molar-refractivity contribution in [1.29, 1.82) is 0 Å². The third kappa shape index (κ3) is 5.51. The molecule has 2 heterocycles. The summed E-state index contributed by atoms with van der Waals surface area (Å²) in [6.07, 6.45) is 4.05. The molecule has 2 saturated heterocycles. The lowest BCUT2D eigenvalue weighted by atomic mass is 9.85. The second-order valence-electron chi connectivity index (χ2n) is 7.26. The molecule has 2 rings (SSSR count). The predicted molar refractivity (Wildman–Crippen MR) is 86.7 cm³/mol. The van der Waals surface area contributed by atoms with Crippen molar-refractivity contribution < 1.29 is 9.47 Å². The largest absolute Gasteiger partial charge is 0.381 e. The first kappa shape index (κ1) is 17.2. The van der Waals surface area contributed by atoms with E-state index in [9.17, 15) is 0 Å². The number of hydrogen-bond acceptors (Lipinski definition) is 4. The van der Waals surface area contributed by atoms with Gasteiger partial charge >= 0.3 is 0 Å². The molecule has 124 valence electrons. The minimum absolute atomic E-state index is 0.327. The van der Waals surface area contributed by atoms with Crippen molar-refractivity contribution in [2.24, 2.45) is 11.3 Å². The Kier molecular flexibility index (Phi) is 6.93. The Hall–Kier alpha value is -0.160. The molecule has 0 spiro atoms. The number of piperidine rings is 1. The molecule has 1 unspecified atom stereocenters. The topological polar surface area (TPSA) is 33.7 Å². The molecule has 2 aliphatic rings. The quantitative estimate of drug-likeness (QED) is 0.744. The van der Waals surface area contributed by atoms with Crippen molar-refractivity contribution in [2.75, 3.05) is 52.5 Å². The Bertz CT molecular complexity index is 283. The molecule has 2 fully saturated rings. The highest BCUT2D eigenvalue weighted by Crippen LogP contribution is 2.30. The van der Waals surface area contributed by atoms with Gasteiger partial charge in [0.15, 0.2) is 0 Å². The van der Waals surface area contributed by atoms with Gasteiger partial charge < -0.3 is 19.7 Å². The summed E-state index contributed by atoms with van der Waals surface area (Å²) in [7, 11) is 0. The number of ether oxygens (including phenoxy) is 2. The van der Waals surface area contributed by atoms with Crippen LogP contribution in [0, 0.1) is 11.3 Å². The zero-order valence-electron chi connectivity index (χ0n) is 14.2. The van der Waals surface area contributed by atoms with Gasteiger partial charge in [0.1, 0.15) is 0 Å². The predicted octanol–water partition coefficient (Wildman–Crippen LogP) is 2.14. The lowest BCUT2D eigenvalue weighted by molar-refractivity contribution is 0.00253. The summed E-state index contributed by atoms with van der Waals surface area (Å²) >= 11 is 0. The number of hydrogen-bond donors (Lipinski definition) is 1. The van der Waals surface area contributed by atoms with Gasteiger partial charge in [0.2, 0.25) is 0 Å². The SMILES string of the molecule is CCOC1CCN(CC2(CNCC(C)C)CCOC2)CC1. The first-order chi connectivity index (χ1) is 10.1. The minimum atomic E-state index is 0.327. The number of nitrogens with zero attached hydrogens (tertiary/aromatic N) is 1. The second kappa shape index (κ2) is 8.47. The van der Waals surface area contributed by atoms with Gasteiger partial charge in [-0.2, -0.15) is 0 Å². The van der Waals surface area contributed by atoms with Crippen LogP contribution in [0.3, 0.4) is 0 Å². The molecular weight excluding hydrogens is 264 g/mol. The lowest BCUT2D eigenvalue weighted by Crippen LogP contribution is -2.48.